The third-order valence-electron chi connectivity index (χ3n) is 4.31. The second kappa shape index (κ2) is 5.64. The second-order valence-corrected chi connectivity index (χ2v) is 5.79. The maximum atomic E-state index is 12.7. The van der Waals surface area contributed by atoms with Crippen LogP contribution in [0.15, 0.2) is 24.3 Å². The van der Waals surface area contributed by atoms with E-state index in [1.807, 2.05) is 36.1 Å². The first-order valence-corrected chi connectivity index (χ1v) is 7.19. The van der Waals surface area contributed by atoms with Gasteiger partial charge in [0.05, 0.1) is 0 Å². The van der Waals surface area contributed by atoms with Crippen LogP contribution in [0.4, 0.5) is 5.69 Å². The zero-order valence-electron chi connectivity index (χ0n) is 12.0. The van der Waals surface area contributed by atoms with Gasteiger partial charge in [-0.1, -0.05) is 38.0 Å². The number of carbonyl (C=O) groups is 1. The third-order valence-corrected chi connectivity index (χ3v) is 4.31. The van der Waals surface area contributed by atoms with E-state index < -0.39 is 0 Å². The molecule has 1 amide bonds. The lowest BCUT2D eigenvalue weighted by atomic mass is 9.87. The van der Waals surface area contributed by atoms with Crippen LogP contribution in [-0.4, -0.2) is 17.4 Å². The predicted molar refractivity (Wildman–Crippen MR) is 78.5 cm³/mol. The fraction of sp³-hybridized carbons (Fsp3) is 0.562. The Balaban J connectivity index is 2.12. The zero-order chi connectivity index (χ0) is 13.9. The van der Waals surface area contributed by atoms with E-state index in [1.54, 1.807) is 0 Å². The minimum Gasteiger partial charge on any atom is -0.398 e. The van der Waals surface area contributed by atoms with Crippen molar-refractivity contribution in [3.8, 4) is 0 Å². The number of nitrogen functional groups attached to an aromatic ring is 1. The first-order valence-electron chi connectivity index (χ1n) is 7.19. The molecular formula is C16H24N2O. The summed E-state index contributed by atoms with van der Waals surface area (Å²) in [6, 6.07) is 7.80. The highest BCUT2D eigenvalue weighted by Crippen LogP contribution is 2.39. The number of nitrogens with zero attached hydrogens (tertiary/aromatic N) is 1. The quantitative estimate of drug-likeness (QED) is 0.845. The van der Waals surface area contributed by atoms with Gasteiger partial charge in [-0.15, -0.1) is 0 Å². The van der Waals surface area contributed by atoms with E-state index in [-0.39, 0.29) is 11.3 Å². The van der Waals surface area contributed by atoms with E-state index in [0.717, 1.165) is 30.6 Å². The van der Waals surface area contributed by atoms with Crippen LogP contribution in [0, 0.1) is 5.41 Å². The Labute approximate surface area is 115 Å². The molecule has 1 saturated carbocycles. The summed E-state index contributed by atoms with van der Waals surface area (Å²) in [5, 5.41) is 0. The highest BCUT2D eigenvalue weighted by Gasteiger charge is 2.38. The Bertz CT molecular complexity index is 450. The van der Waals surface area contributed by atoms with Crippen LogP contribution >= 0.6 is 0 Å². The normalized spacial score (nSPS) is 17.4. The lowest BCUT2D eigenvalue weighted by Crippen LogP contribution is -2.40. The maximum Gasteiger partial charge on any atom is 0.228 e. The van der Waals surface area contributed by atoms with Gasteiger partial charge in [0.2, 0.25) is 5.91 Å². The summed E-state index contributed by atoms with van der Waals surface area (Å²) in [4.78, 5) is 14.6. The van der Waals surface area contributed by atoms with Gasteiger partial charge in [0.1, 0.15) is 0 Å². The van der Waals surface area contributed by atoms with Crippen molar-refractivity contribution in [3.63, 3.8) is 0 Å². The first-order chi connectivity index (χ1) is 9.07. The fourth-order valence-corrected chi connectivity index (χ4v) is 2.96. The van der Waals surface area contributed by atoms with Crippen molar-refractivity contribution in [2.45, 2.75) is 46.1 Å². The molecule has 1 aliphatic carbocycles. The summed E-state index contributed by atoms with van der Waals surface area (Å²) in [7, 11) is 0. The lowest BCUT2D eigenvalue weighted by molar-refractivity contribution is -0.141. The molecule has 1 fully saturated rings. The molecule has 104 valence electrons. The molecule has 2 rings (SSSR count). The van der Waals surface area contributed by atoms with Gasteiger partial charge < -0.3 is 10.6 Å². The highest BCUT2D eigenvalue weighted by molar-refractivity contribution is 5.82. The van der Waals surface area contributed by atoms with E-state index in [1.165, 1.54) is 12.8 Å². The Kier molecular flexibility index (Phi) is 4.13. The minimum atomic E-state index is -0.153. The minimum absolute atomic E-state index is 0.153. The van der Waals surface area contributed by atoms with Crippen molar-refractivity contribution in [3.05, 3.63) is 29.8 Å². The average molecular weight is 260 g/mol. The van der Waals surface area contributed by atoms with Crippen molar-refractivity contribution in [2.24, 2.45) is 5.41 Å². The summed E-state index contributed by atoms with van der Waals surface area (Å²) >= 11 is 0. The molecule has 3 heteroatoms. The molecular weight excluding hydrogens is 236 g/mol. The average Bonchev–Trinajstić information content (AvgIpc) is 2.85. The van der Waals surface area contributed by atoms with Gasteiger partial charge in [-0.2, -0.15) is 0 Å². The molecule has 0 bridgehead atoms. The van der Waals surface area contributed by atoms with Crippen LogP contribution in [0.2, 0.25) is 0 Å². The topological polar surface area (TPSA) is 46.3 Å². The van der Waals surface area contributed by atoms with Crippen LogP contribution in [0.3, 0.4) is 0 Å². The summed E-state index contributed by atoms with van der Waals surface area (Å²) < 4.78 is 0. The molecule has 1 aromatic carbocycles. The molecule has 0 aliphatic heterocycles. The van der Waals surface area contributed by atoms with E-state index in [0.29, 0.717) is 6.54 Å². The highest BCUT2D eigenvalue weighted by atomic mass is 16.2. The fourth-order valence-electron chi connectivity index (χ4n) is 2.96. The Morgan fingerprint density at radius 3 is 2.53 bits per heavy atom. The summed E-state index contributed by atoms with van der Waals surface area (Å²) in [6.07, 6.45) is 4.39. The van der Waals surface area contributed by atoms with Gasteiger partial charge in [0, 0.05) is 24.2 Å². The van der Waals surface area contributed by atoms with Gasteiger partial charge in [0.15, 0.2) is 0 Å². The zero-order valence-corrected chi connectivity index (χ0v) is 12.0. The van der Waals surface area contributed by atoms with Gasteiger partial charge in [-0.25, -0.2) is 0 Å². The monoisotopic (exact) mass is 260 g/mol. The molecule has 1 aliphatic rings. The number of benzene rings is 1. The Morgan fingerprint density at radius 1 is 1.32 bits per heavy atom. The number of amides is 1. The van der Waals surface area contributed by atoms with Crippen molar-refractivity contribution >= 4 is 11.6 Å². The molecule has 0 radical (unpaired) electrons. The molecule has 0 heterocycles. The Morgan fingerprint density at radius 2 is 1.95 bits per heavy atom. The van der Waals surface area contributed by atoms with Crippen molar-refractivity contribution < 1.29 is 4.79 Å². The number of anilines is 1. The van der Waals surface area contributed by atoms with Crippen LogP contribution in [-0.2, 0) is 11.3 Å². The summed E-state index contributed by atoms with van der Waals surface area (Å²) in [6.45, 7) is 5.51. The van der Waals surface area contributed by atoms with Crippen molar-refractivity contribution in [2.75, 3.05) is 12.3 Å². The molecule has 0 spiro atoms. The van der Waals surface area contributed by atoms with Crippen LogP contribution in [0.25, 0.3) is 0 Å². The molecule has 0 aromatic heterocycles. The van der Waals surface area contributed by atoms with Crippen molar-refractivity contribution in [1.29, 1.82) is 0 Å². The van der Waals surface area contributed by atoms with Crippen LogP contribution in [0.5, 0.6) is 0 Å². The van der Waals surface area contributed by atoms with Gasteiger partial charge >= 0.3 is 0 Å². The SMILES string of the molecule is CCN(Cc1ccccc1N)C(=O)C1(C)CCCC1. The van der Waals surface area contributed by atoms with Gasteiger partial charge in [-0.05, 0) is 31.4 Å². The smallest absolute Gasteiger partial charge is 0.228 e. The van der Waals surface area contributed by atoms with E-state index in [2.05, 4.69) is 6.92 Å². The van der Waals surface area contributed by atoms with Gasteiger partial charge in [0.25, 0.3) is 0 Å². The third kappa shape index (κ3) is 2.91. The molecule has 19 heavy (non-hydrogen) atoms. The first kappa shape index (κ1) is 13.9. The molecule has 0 atom stereocenters. The molecule has 2 N–H and O–H groups in total. The molecule has 0 saturated heterocycles. The number of hydrogen-bond acceptors (Lipinski definition) is 2. The number of rotatable bonds is 4. The van der Waals surface area contributed by atoms with Crippen LogP contribution < -0.4 is 5.73 Å². The lowest BCUT2D eigenvalue weighted by Gasteiger charge is -2.31. The van der Waals surface area contributed by atoms with Crippen molar-refractivity contribution in [1.82, 2.24) is 4.90 Å². The molecule has 1 aromatic rings. The van der Waals surface area contributed by atoms with Gasteiger partial charge in [-0.3, -0.25) is 4.79 Å². The van der Waals surface area contributed by atoms with E-state index in [4.69, 9.17) is 5.73 Å². The number of nitrogens with two attached hydrogens (primary N) is 1. The second-order valence-electron chi connectivity index (χ2n) is 5.79. The summed E-state index contributed by atoms with van der Waals surface area (Å²) in [5.74, 6) is 0.288. The Hall–Kier alpha value is -1.51. The van der Waals surface area contributed by atoms with Crippen LogP contribution in [0.1, 0.15) is 45.1 Å². The molecule has 3 nitrogen and oxygen atoms in total. The number of para-hydroxylation sites is 1. The largest absolute Gasteiger partial charge is 0.398 e. The van der Waals surface area contributed by atoms with E-state index >= 15 is 0 Å². The molecule has 0 unspecified atom stereocenters. The number of carbonyl (C=O) groups excluding carboxylic acids is 1. The predicted octanol–water partition coefficient (Wildman–Crippen LogP) is 3.20. The van der Waals surface area contributed by atoms with E-state index in [9.17, 15) is 4.79 Å². The maximum absolute atomic E-state index is 12.7. The standard InChI is InChI=1S/C16H24N2O/c1-3-18(12-13-8-4-5-9-14(13)17)15(19)16(2)10-6-7-11-16/h4-5,8-9H,3,6-7,10-12,17H2,1-2H3. The summed E-state index contributed by atoms with van der Waals surface area (Å²) in [5.41, 5.74) is 7.63. The number of hydrogen-bond donors (Lipinski definition) is 1.